The van der Waals surface area contributed by atoms with Crippen molar-refractivity contribution in [3.63, 3.8) is 0 Å². The number of fused-ring (bicyclic) bond motifs is 1. The second-order valence-corrected chi connectivity index (χ2v) is 6.30. The van der Waals surface area contributed by atoms with E-state index in [1.165, 1.54) is 11.3 Å². The molecule has 0 unspecified atom stereocenters. The number of benzene rings is 1. The first-order valence-corrected chi connectivity index (χ1v) is 7.67. The van der Waals surface area contributed by atoms with Crippen LogP contribution >= 0.6 is 22.7 Å². The first-order valence-electron chi connectivity index (χ1n) is 5.97. The Morgan fingerprint density at radius 2 is 2.25 bits per heavy atom. The van der Waals surface area contributed by atoms with E-state index in [-0.39, 0.29) is 5.91 Å². The summed E-state index contributed by atoms with van der Waals surface area (Å²) in [4.78, 5) is 20.6. The van der Waals surface area contributed by atoms with Crippen molar-refractivity contribution in [2.24, 2.45) is 0 Å². The van der Waals surface area contributed by atoms with Gasteiger partial charge >= 0.3 is 0 Å². The number of aryl methyl sites for hydroxylation is 1. The van der Waals surface area contributed by atoms with Crippen molar-refractivity contribution in [1.29, 1.82) is 0 Å². The number of amides is 1. The molecule has 0 spiro atoms. The van der Waals surface area contributed by atoms with Crippen molar-refractivity contribution >= 4 is 43.9 Å². The van der Waals surface area contributed by atoms with Gasteiger partial charge in [0.05, 0.1) is 16.8 Å². The van der Waals surface area contributed by atoms with E-state index < -0.39 is 0 Å². The maximum absolute atomic E-state index is 12.1. The Hall–Kier alpha value is -1.99. The lowest BCUT2D eigenvalue weighted by Gasteiger charge is -2.03. The molecular formula is C13H12N4OS2. The van der Waals surface area contributed by atoms with Crippen LogP contribution in [0.25, 0.3) is 10.2 Å². The zero-order valence-corrected chi connectivity index (χ0v) is 12.3. The fourth-order valence-electron chi connectivity index (χ4n) is 1.83. The molecule has 3 N–H and O–H groups in total. The summed E-state index contributed by atoms with van der Waals surface area (Å²) in [5.74, 6) is -0.119. The molecule has 1 amide bonds. The van der Waals surface area contributed by atoms with E-state index in [9.17, 15) is 4.79 Å². The normalized spacial score (nSPS) is 10.8. The van der Waals surface area contributed by atoms with Gasteiger partial charge in [-0.3, -0.25) is 4.79 Å². The van der Waals surface area contributed by atoms with Crippen molar-refractivity contribution in [3.8, 4) is 0 Å². The van der Waals surface area contributed by atoms with Crippen LogP contribution in [-0.2, 0) is 6.54 Å². The lowest BCUT2D eigenvalue weighted by molar-refractivity contribution is 0.0951. The van der Waals surface area contributed by atoms with Gasteiger partial charge in [-0.2, -0.15) is 0 Å². The Morgan fingerprint density at radius 1 is 1.40 bits per heavy atom. The average Bonchev–Trinajstić information content (AvgIpc) is 2.99. The third-order valence-corrected chi connectivity index (χ3v) is 4.55. The average molecular weight is 304 g/mol. The molecule has 5 nitrogen and oxygen atoms in total. The molecule has 0 aliphatic heterocycles. The van der Waals surface area contributed by atoms with Crippen LogP contribution in [0.4, 0.5) is 5.13 Å². The highest BCUT2D eigenvalue weighted by Crippen LogP contribution is 2.24. The number of rotatable bonds is 3. The molecule has 0 bridgehead atoms. The first-order chi connectivity index (χ1) is 9.61. The lowest BCUT2D eigenvalue weighted by Crippen LogP contribution is -2.22. The van der Waals surface area contributed by atoms with E-state index in [0.29, 0.717) is 17.2 Å². The van der Waals surface area contributed by atoms with Gasteiger partial charge in [-0.15, -0.1) is 11.3 Å². The molecule has 3 aromatic rings. The number of carbonyl (C=O) groups is 1. The van der Waals surface area contributed by atoms with Crippen molar-refractivity contribution in [2.75, 3.05) is 5.73 Å². The van der Waals surface area contributed by atoms with E-state index in [4.69, 9.17) is 5.73 Å². The predicted molar refractivity (Wildman–Crippen MR) is 82.1 cm³/mol. The summed E-state index contributed by atoms with van der Waals surface area (Å²) in [5.41, 5.74) is 8.05. The second kappa shape index (κ2) is 5.18. The molecular weight excluding hydrogens is 292 g/mol. The Morgan fingerprint density at radius 3 is 3.00 bits per heavy atom. The van der Waals surface area contributed by atoms with Gasteiger partial charge in [0, 0.05) is 16.6 Å². The van der Waals surface area contributed by atoms with Crippen LogP contribution in [-0.4, -0.2) is 15.9 Å². The highest BCUT2D eigenvalue weighted by atomic mass is 32.1. The molecule has 0 saturated carbocycles. The van der Waals surface area contributed by atoms with Crippen LogP contribution in [0.3, 0.4) is 0 Å². The molecule has 2 heterocycles. The van der Waals surface area contributed by atoms with Crippen LogP contribution in [0.15, 0.2) is 23.6 Å². The molecule has 0 radical (unpaired) electrons. The largest absolute Gasteiger partial charge is 0.375 e. The van der Waals surface area contributed by atoms with Crippen LogP contribution in [0.2, 0.25) is 0 Å². The Labute approximate surface area is 123 Å². The van der Waals surface area contributed by atoms with Gasteiger partial charge in [0.15, 0.2) is 5.13 Å². The van der Waals surface area contributed by atoms with E-state index in [1.54, 1.807) is 17.4 Å². The number of thiazole rings is 2. The van der Waals surface area contributed by atoms with Crippen LogP contribution in [0.1, 0.15) is 21.1 Å². The molecule has 7 heteroatoms. The Balaban J connectivity index is 1.74. The molecule has 1 aromatic carbocycles. The van der Waals surface area contributed by atoms with E-state index >= 15 is 0 Å². The summed E-state index contributed by atoms with van der Waals surface area (Å²) in [5, 5.41) is 6.24. The fourth-order valence-corrected chi connectivity index (χ4v) is 3.31. The van der Waals surface area contributed by atoms with Crippen LogP contribution < -0.4 is 11.1 Å². The summed E-state index contributed by atoms with van der Waals surface area (Å²) in [6, 6.07) is 5.38. The van der Waals surface area contributed by atoms with Gasteiger partial charge in [0.25, 0.3) is 5.91 Å². The lowest BCUT2D eigenvalue weighted by atomic mass is 10.2. The van der Waals surface area contributed by atoms with Gasteiger partial charge in [0.1, 0.15) is 5.01 Å². The second-order valence-electron chi connectivity index (χ2n) is 4.30. The summed E-state index contributed by atoms with van der Waals surface area (Å²) >= 11 is 2.92. The molecule has 2 aromatic heterocycles. The molecule has 0 aliphatic carbocycles. The quantitative estimate of drug-likeness (QED) is 0.779. The molecule has 102 valence electrons. The summed E-state index contributed by atoms with van der Waals surface area (Å²) in [6.45, 7) is 2.38. The predicted octanol–water partition coefficient (Wildman–Crippen LogP) is 2.57. The maximum Gasteiger partial charge on any atom is 0.251 e. The number of nitrogens with zero attached hydrogens (tertiary/aromatic N) is 2. The SMILES string of the molecule is Cc1csc(CNC(=O)c2ccc3nc(N)sc3c2)n1. The van der Waals surface area contributed by atoms with Crippen molar-refractivity contribution in [1.82, 2.24) is 15.3 Å². The van der Waals surface area contributed by atoms with Gasteiger partial charge in [-0.1, -0.05) is 11.3 Å². The third kappa shape index (κ3) is 2.63. The van der Waals surface area contributed by atoms with Crippen LogP contribution in [0, 0.1) is 6.92 Å². The number of nitrogens with two attached hydrogens (primary N) is 1. The number of aromatic nitrogens is 2. The summed E-state index contributed by atoms with van der Waals surface area (Å²) < 4.78 is 0.917. The third-order valence-electron chi connectivity index (χ3n) is 2.73. The van der Waals surface area contributed by atoms with Crippen molar-refractivity contribution < 1.29 is 4.79 Å². The molecule has 0 aliphatic rings. The molecule has 0 fully saturated rings. The molecule has 0 saturated heterocycles. The first kappa shape index (κ1) is 13.0. The maximum atomic E-state index is 12.1. The Kier molecular flexibility index (Phi) is 3.37. The molecule has 0 atom stereocenters. The smallest absolute Gasteiger partial charge is 0.251 e. The molecule has 3 rings (SSSR count). The number of nitrogens with one attached hydrogen (secondary N) is 1. The number of anilines is 1. The minimum absolute atomic E-state index is 0.119. The fraction of sp³-hybridized carbons (Fsp3) is 0.154. The van der Waals surface area contributed by atoms with Crippen LogP contribution in [0.5, 0.6) is 0 Å². The monoisotopic (exact) mass is 304 g/mol. The van der Waals surface area contributed by atoms with Gasteiger partial charge < -0.3 is 11.1 Å². The summed E-state index contributed by atoms with van der Waals surface area (Å²) in [6.07, 6.45) is 0. The van der Waals surface area contributed by atoms with E-state index in [0.717, 1.165) is 20.9 Å². The zero-order chi connectivity index (χ0) is 14.1. The highest BCUT2D eigenvalue weighted by molar-refractivity contribution is 7.22. The topological polar surface area (TPSA) is 80.9 Å². The number of carbonyl (C=O) groups excluding carboxylic acids is 1. The number of hydrogen-bond donors (Lipinski definition) is 2. The minimum Gasteiger partial charge on any atom is -0.375 e. The highest BCUT2D eigenvalue weighted by Gasteiger charge is 2.09. The van der Waals surface area contributed by atoms with E-state index in [1.807, 2.05) is 24.4 Å². The van der Waals surface area contributed by atoms with Gasteiger partial charge in [-0.05, 0) is 25.1 Å². The van der Waals surface area contributed by atoms with Gasteiger partial charge in [-0.25, -0.2) is 9.97 Å². The number of nitrogen functional groups attached to an aromatic ring is 1. The zero-order valence-electron chi connectivity index (χ0n) is 10.7. The van der Waals surface area contributed by atoms with E-state index in [2.05, 4.69) is 15.3 Å². The minimum atomic E-state index is -0.119. The Bertz CT molecular complexity index is 778. The van der Waals surface area contributed by atoms with Crippen molar-refractivity contribution in [2.45, 2.75) is 13.5 Å². The van der Waals surface area contributed by atoms with Crippen molar-refractivity contribution in [3.05, 3.63) is 39.8 Å². The molecule has 20 heavy (non-hydrogen) atoms. The summed E-state index contributed by atoms with van der Waals surface area (Å²) in [7, 11) is 0. The van der Waals surface area contributed by atoms with Gasteiger partial charge in [0.2, 0.25) is 0 Å². The standard InChI is InChI=1S/C13H12N4OS2/c1-7-6-19-11(16-7)5-15-12(18)8-2-3-9-10(4-8)20-13(14)17-9/h2-4,6H,5H2,1H3,(H2,14,17)(H,15,18). The number of hydrogen-bond acceptors (Lipinski definition) is 6.